The van der Waals surface area contributed by atoms with Crippen LogP contribution in [0.5, 0.6) is 0 Å². The number of benzene rings is 2. The molecule has 3 aromatic rings. The van der Waals surface area contributed by atoms with Crippen LogP contribution in [0.2, 0.25) is 0 Å². The number of carbonyl (C=O) groups is 1. The van der Waals surface area contributed by atoms with Gasteiger partial charge in [0.05, 0.1) is 5.56 Å². The average Bonchev–Trinajstić information content (AvgIpc) is 3.15. The van der Waals surface area contributed by atoms with Crippen LogP contribution in [0.3, 0.4) is 0 Å². The summed E-state index contributed by atoms with van der Waals surface area (Å²) in [6, 6.07) is 12.3. The lowest BCUT2D eigenvalue weighted by Gasteiger charge is -2.43. The van der Waals surface area contributed by atoms with Gasteiger partial charge in [-0.25, -0.2) is 4.79 Å². The summed E-state index contributed by atoms with van der Waals surface area (Å²) in [7, 11) is 0. The molecule has 1 aromatic heterocycles. The molecule has 5 rings (SSSR count). The van der Waals surface area contributed by atoms with Gasteiger partial charge in [-0.1, -0.05) is 45.9 Å². The van der Waals surface area contributed by atoms with E-state index in [4.69, 9.17) is 0 Å². The summed E-state index contributed by atoms with van der Waals surface area (Å²) in [5, 5.41) is 11.4. The SMILES string of the molecule is CC1(C)CCC(C)(C)c2cc3c(cc21)CCc1c(-c2ccc(C(=O)O)cc2)csc1-3. The lowest BCUT2D eigenvalue weighted by atomic mass is 9.62. The molecule has 30 heavy (non-hydrogen) atoms. The van der Waals surface area contributed by atoms with Crippen molar-refractivity contribution >= 4 is 17.3 Å². The second kappa shape index (κ2) is 6.55. The molecule has 0 saturated heterocycles. The molecule has 2 aliphatic carbocycles. The third-order valence-electron chi connectivity index (χ3n) is 7.30. The fourth-order valence-electron chi connectivity index (χ4n) is 5.23. The molecule has 0 bridgehead atoms. The Morgan fingerprint density at radius 1 is 0.900 bits per heavy atom. The van der Waals surface area contributed by atoms with Gasteiger partial charge in [0.25, 0.3) is 0 Å². The molecule has 0 aliphatic heterocycles. The van der Waals surface area contributed by atoms with Crippen molar-refractivity contribution in [3.63, 3.8) is 0 Å². The minimum atomic E-state index is -0.877. The first-order valence-corrected chi connectivity index (χ1v) is 11.7. The summed E-state index contributed by atoms with van der Waals surface area (Å²) in [5.74, 6) is -0.877. The predicted octanol–water partition coefficient (Wildman–Crippen LogP) is 7.23. The van der Waals surface area contributed by atoms with E-state index in [1.165, 1.54) is 45.5 Å². The number of fused-ring (bicyclic) bond motifs is 4. The smallest absolute Gasteiger partial charge is 0.335 e. The number of aryl methyl sites for hydroxylation is 1. The number of hydrogen-bond acceptors (Lipinski definition) is 2. The van der Waals surface area contributed by atoms with E-state index in [1.807, 2.05) is 23.5 Å². The standard InChI is InChI=1S/C27H28O2S/c1-26(2)11-12-27(3,4)23-14-20-18(13-22(23)26)9-10-19-21(15-30-24(19)20)16-5-7-17(8-6-16)25(28)29/h5-8,13-15H,9-12H2,1-4H3,(H,28,29). The second-order valence-electron chi connectivity index (χ2n) is 10.2. The maximum atomic E-state index is 11.2. The molecule has 0 amide bonds. The Balaban J connectivity index is 1.63. The van der Waals surface area contributed by atoms with Gasteiger partial charge in [-0.3, -0.25) is 0 Å². The normalized spacial score (nSPS) is 18.3. The zero-order valence-corrected chi connectivity index (χ0v) is 19.0. The highest BCUT2D eigenvalue weighted by Gasteiger charge is 2.38. The Kier molecular flexibility index (Phi) is 4.27. The molecular formula is C27H28O2S. The second-order valence-corrected chi connectivity index (χ2v) is 11.0. The molecule has 3 heteroatoms. The van der Waals surface area contributed by atoms with E-state index in [0.29, 0.717) is 5.56 Å². The molecule has 0 atom stereocenters. The summed E-state index contributed by atoms with van der Waals surface area (Å²) in [6.07, 6.45) is 4.59. The van der Waals surface area contributed by atoms with Gasteiger partial charge in [-0.2, -0.15) is 0 Å². The molecule has 2 aromatic carbocycles. The van der Waals surface area contributed by atoms with Gasteiger partial charge < -0.3 is 5.11 Å². The van der Waals surface area contributed by atoms with E-state index in [-0.39, 0.29) is 10.8 Å². The topological polar surface area (TPSA) is 37.3 Å². The lowest BCUT2D eigenvalue weighted by molar-refractivity contribution is 0.0697. The van der Waals surface area contributed by atoms with E-state index in [1.54, 1.807) is 17.7 Å². The zero-order valence-electron chi connectivity index (χ0n) is 18.1. The van der Waals surface area contributed by atoms with E-state index >= 15 is 0 Å². The van der Waals surface area contributed by atoms with Crippen molar-refractivity contribution in [2.45, 2.75) is 64.2 Å². The molecule has 0 radical (unpaired) electrons. The van der Waals surface area contributed by atoms with Crippen LogP contribution >= 0.6 is 11.3 Å². The summed E-state index contributed by atoms with van der Waals surface area (Å²) < 4.78 is 0. The van der Waals surface area contributed by atoms with Crippen molar-refractivity contribution < 1.29 is 9.90 Å². The maximum absolute atomic E-state index is 11.2. The van der Waals surface area contributed by atoms with Crippen LogP contribution in [-0.4, -0.2) is 11.1 Å². The predicted molar refractivity (Wildman–Crippen MR) is 125 cm³/mol. The van der Waals surface area contributed by atoms with Crippen molar-refractivity contribution in [1.29, 1.82) is 0 Å². The first kappa shape index (κ1) is 19.6. The Bertz CT molecular complexity index is 1160. The summed E-state index contributed by atoms with van der Waals surface area (Å²) in [6.45, 7) is 9.57. The molecule has 0 unspecified atom stereocenters. The third-order valence-corrected chi connectivity index (χ3v) is 8.36. The zero-order chi connectivity index (χ0) is 21.3. The van der Waals surface area contributed by atoms with Crippen LogP contribution in [0.1, 0.15) is 73.1 Å². The Morgan fingerprint density at radius 2 is 1.53 bits per heavy atom. The third kappa shape index (κ3) is 2.94. The highest BCUT2D eigenvalue weighted by molar-refractivity contribution is 7.14. The van der Waals surface area contributed by atoms with Crippen molar-refractivity contribution in [3.05, 3.63) is 69.6 Å². The number of carboxylic acid groups (broad SMARTS) is 1. The van der Waals surface area contributed by atoms with E-state index in [0.717, 1.165) is 18.4 Å². The highest BCUT2D eigenvalue weighted by Crippen LogP contribution is 2.50. The molecule has 1 heterocycles. The molecule has 2 nitrogen and oxygen atoms in total. The number of thiophene rings is 1. The summed E-state index contributed by atoms with van der Waals surface area (Å²) in [4.78, 5) is 12.6. The number of aromatic carboxylic acids is 1. The van der Waals surface area contributed by atoms with Crippen molar-refractivity contribution in [2.24, 2.45) is 0 Å². The van der Waals surface area contributed by atoms with Gasteiger partial charge in [0.1, 0.15) is 0 Å². The van der Waals surface area contributed by atoms with Crippen LogP contribution in [0.25, 0.3) is 21.6 Å². The van der Waals surface area contributed by atoms with Gasteiger partial charge in [0.2, 0.25) is 0 Å². The van der Waals surface area contributed by atoms with Crippen LogP contribution in [0, 0.1) is 0 Å². The molecule has 0 spiro atoms. The quantitative estimate of drug-likeness (QED) is 0.478. The molecule has 1 N–H and O–H groups in total. The monoisotopic (exact) mass is 416 g/mol. The van der Waals surface area contributed by atoms with Gasteiger partial charge in [-0.15, -0.1) is 11.3 Å². The first-order chi connectivity index (χ1) is 14.2. The van der Waals surface area contributed by atoms with Gasteiger partial charge >= 0.3 is 5.97 Å². The van der Waals surface area contributed by atoms with Crippen molar-refractivity contribution in [2.75, 3.05) is 0 Å². The Labute approximate surface area is 182 Å². The molecule has 0 fully saturated rings. The minimum Gasteiger partial charge on any atom is -0.478 e. The van der Waals surface area contributed by atoms with Crippen LogP contribution < -0.4 is 0 Å². The fourth-order valence-corrected chi connectivity index (χ4v) is 6.41. The first-order valence-electron chi connectivity index (χ1n) is 10.8. The molecule has 2 aliphatic rings. The van der Waals surface area contributed by atoms with E-state index < -0.39 is 5.97 Å². The van der Waals surface area contributed by atoms with Gasteiger partial charge in [0.15, 0.2) is 0 Å². The van der Waals surface area contributed by atoms with Gasteiger partial charge in [-0.05, 0) is 99.0 Å². The number of carboxylic acids is 1. The van der Waals surface area contributed by atoms with Crippen molar-refractivity contribution in [3.8, 4) is 21.6 Å². The molecule has 0 saturated carbocycles. The van der Waals surface area contributed by atoms with Crippen LogP contribution in [0.4, 0.5) is 0 Å². The van der Waals surface area contributed by atoms with Crippen LogP contribution in [0.15, 0.2) is 41.8 Å². The van der Waals surface area contributed by atoms with Crippen molar-refractivity contribution in [1.82, 2.24) is 0 Å². The molecular weight excluding hydrogens is 388 g/mol. The van der Waals surface area contributed by atoms with E-state index in [2.05, 4.69) is 45.2 Å². The highest BCUT2D eigenvalue weighted by atomic mass is 32.1. The summed E-state index contributed by atoms with van der Waals surface area (Å²) >= 11 is 1.83. The number of rotatable bonds is 2. The maximum Gasteiger partial charge on any atom is 0.335 e. The largest absolute Gasteiger partial charge is 0.478 e. The molecule has 154 valence electrons. The average molecular weight is 417 g/mol. The Hall–Kier alpha value is -2.39. The van der Waals surface area contributed by atoms with Gasteiger partial charge in [0, 0.05) is 4.88 Å². The van der Waals surface area contributed by atoms with E-state index in [9.17, 15) is 9.90 Å². The number of hydrogen-bond donors (Lipinski definition) is 1. The minimum absolute atomic E-state index is 0.213. The fraction of sp³-hybridized carbons (Fsp3) is 0.370. The Morgan fingerprint density at radius 3 is 2.17 bits per heavy atom. The lowest BCUT2D eigenvalue weighted by Crippen LogP contribution is -2.34. The summed E-state index contributed by atoms with van der Waals surface area (Å²) in [5.41, 5.74) is 10.5. The van der Waals surface area contributed by atoms with Crippen LogP contribution in [-0.2, 0) is 23.7 Å².